The predicted octanol–water partition coefficient (Wildman–Crippen LogP) is 5.87. The summed E-state index contributed by atoms with van der Waals surface area (Å²) in [5, 5.41) is 4.76. The average Bonchev–Trinajstić information content (AvgIpc) is 3.39. The molecule has 2 fully saturated rings. The molecule has 3 aromatic rings. The van der Waals surface area contributed by atoms with Crippen LogP contribution in [-0.4, -0.2) is 16.9 Å². The number of nitrogens with one attached hydrogen (secondary N) is 1. The summed E-state index contributed by atoms with van der Waals surface area (Å²) in [6.07, 6.45) is 7.16. The standard InChI is InChI=1S/C24H22ClFN2O/c25-17-3-1-16(2-4-17)23(29)28-22-14-24(22)10-7-15(8-11-24)19-9-12-27-21-6-5-18(26)13-20(19)21/h1-6,9,12-13,15,22H,7-8,10-11,14H2,(H,28,29)/t15?,22-,24?/m0/s1. The van der Waals surface area contributed by atoms with Gasteiger partial charge in [0.25, 0.3) is 5.91 Å². The molecule has 148 valence electrons. The van der Waals surface area contributed by atoms with E-state index >= 15 is 0 Å². The van der Waals surface area contributed by atoms with E-state index in [1.165, 1.54) is 11.6 Å². The summed E-state index contributed by atoms with van der Waals surface area (Å²) in [5.41, 5.74) is 2.93. The van der Waals surface area contributed by atoms with Crippen LogP contribution in [0.5, 0.6) is 0 Å². The van der Waals surface area contributed by atoms with Gasteiger partial charge in [0.05, 0.1) is 5.52 Å². The van der Waals surface area contributed by atoms with Crippen molar-refractivity contribution in [1.29, 1.82) is 0 Å². The summed E-state index contributed by atoms with van der Waals surface area (Å²) < 4.78 is 13.8. The van der Waals surface area contributed by atoms with E-state index in [1.807, 2.05) is 12.3 Å². The number of carbonyl (C=O) groups is 1. The molecule has 1 heterocycles. The largest absolute Gasteiger partial charge is 0.349 e. The number of fused-ring (bicyclic) bond motifs is 1. The summed E-state index contributed by atoms with van der Waals surface area (Å²) in [4.78, 5) is 16.9. The first-order chi connectivity index (χ1) is 14.0. The number of benzene rings is 2. The Balaban J connectivity index is 1.25. The molecule has 2 aliphatic carbocycles. The number of pyridine rings is 1. The minimum Gasteiger partial charge on any atom is -0.349 e. The first-order valence-corrected chi connectivity index (χ1v) is 10.5. The van der Waals surface area contributed by atoms with E-state index in [4.69, 9.17) is 11.6 Å². The third-order valence-corrected chi connectivity index (χ3v) is 7.01. The molecule has 0 bridgehead atoms. The molecule has 2 aromatic carbocycles. The highest BCUT2D eigenvalue weighted by atomic mass is 35.5. The summed E-state index contributed by atoms with van der Waals surface area (Å²) in [5.74, 6) is 0.175. The van der Waals surface area contributed by atoms with Gasteiger partial charge in [-0.25, -0.2) is 4.39 Å². The molecule has 0 saturated heterocycles. The van der Waals surface area contributed by atoms with Crippen molar-refractivity contribution in [3.05, 3.63) is 76.7 Å². The van der Waals surface area contributed by atoms with Crippen molar-refractivity contribution in [2.24, 2.45) is 5.41 Å². The van der Waals surface area contributed by atoms with Crippen LogP contribution >= 0.6 is 11.6 Å². The maximum atomic E-state index is 13.8. The molecule has 1 N–H and O–H groups in total. The summed E-state index contributed by atoms with van der Waals surface area (Å²) >= 11 is 5.90. The number of carbonyl (C=O) groups excluding carboxylic acids is 1. The lowest BCUT2D eigenvalue weighted by Gasteiger charge is -2.30. The van der Waals surface area contributed by atoms with Crippen LogP contribution < -0.4 is 5.32 Å². The maximum absolute atomic E-state index is 13.8. The van der Waals surface area contributed by atoms with Gasteiger partial charge in [0, 0.05) is 28.2 Å². The third kappa shape index (κ3) is 3.51. The van der Waals surface area contributed by atoms with Gasteiger partial charge in [-0.1, -0.05) is 11.6 Å². The van der Waals surface area contributed by atoms with E-state index in [2.05, 4.69) is 10.3 Å². The monoisotopic (exact) mass is 408 g/mol. The highest BCUT2D eigenvalue weighted by Gasteiger charge is 2.55. The molecule has 0 unspecified atom stereocenters. The fourth-order valence-electron chi connectivity index (χ4n) is 4.95. The van der Waals surface area contributed by atoms with Crippen molar-refractivity contribution in [2.75, 3.05) is 0 Å². The van der Waals surface area contributed by atoms with Crippen LogP contribution in [0, 0.1) is 11.2 Å². The van der Waals surface area contributed by atoms with Crippen LogP contribution in [0.3, 0.4) is 0 Å². The van der Waals surface area contributed by atoms with E-state index < -0.39 is 0 Å². The zero-order valence-electron chi connectivity index (χ0n) is 16.0. The summed E-state index contributed by atoms with van der Waals surface area (Å²) in [6.45, 7) is 0. The Morgan fingerprint density at radius 3 is 2.62 bits per heavy atom. The van der Waals surface area contributed by atoms with Gasteiger partial charge in [-0.05, 0) is 97.5 Å². The van der Waals surface area contributed by atoms with Crippen molar-refractivity contribution in [1.82, 2.24) is 10.3 Å². The molecule has 1 spiro atoms. The molecular weight excluding hydrogens is 387 g/mol. The fraction of sp³-hybridized carbons (Fsp3) is 0.333. The first kappa shape index (κ1) is 18.6. The van der Waals surface area contributed by atoms with Crippen molar-refractivity contribution in [2.45, 2.75) is 44.1 Å². The van der Waals surface area contributed by atoms with Crippen molar-refractivity contribution in [3.8, 4) is 0 Å². The Hall–Kier alpha value is -2.46. The fourth-order valence-corrected chi connectivity index (χ4v) is 5.07. The van der Waals surface area contributed by atoms with Crippen molar-refractivity contribution < 1.29 is 9.18 Å². The average molecular weight is 409 g/mol. The predicted molar refractivity (Wildman–Crippen MR) is 113 cm³/mol. The zero-order chi connectivity index (χ0) is 20.0. The lowest BCUT2D eigenvalue weighted by molar-refractivity contribution is 0.0941. The van der Waals surface area contributed by atoms with Crippen LogP contribution in [-0.2, 0) is 0 Å². The number of nitrogens with zero attached hydrogens (tertiary/aromatic N) is 1. The number of aromatic nitrogens is 1. The molecule has 5 rings (SSSR count). The highest BCUT2D eigenvalue weighted by molar-refractivity contribution is 6.30. The Bertz CT molecular complexity index is 1070. The molecular formula is C24H22ClFN2O. The quantitative estimate of drug-likeness (QED) is 0.588. The Labute approximate surface area is 174 Å². The molecule has 3 nitrogen and oxygen atoms in total. The van der Waals surface area contributed by atoms with E-state index in [1.54, 1.807) is 36.4 Å². The second kappa shape index (κ2) is 7.10. The summed E-state index contributed by atoms with van der Waals surface area (Å²) in [7, 11) is 0. The first-order valence-electron chi connectivity index (χ1n) is 10.1. The van der Waals surface area contributed by atoms with Gasteiger partial charge in [-0.15, -0.1) is 0 Å². The van der Waals surface area contributed by atoms with Crippen LogP contribution in [0.15, 0.2) is 54.7 Å². The van der Waals surface area contributed by atoms with Gasteiger partial charge < -0.3 is 5.32 Å². The normalized spacial score (nSPS) is 25.9. The number of rotatable bonds is 3. The Morgan fingerprint density at radius 2 is 1.86 bits per heavy atom. The summed E-state index contributed by atoms with van der Waals surface area (Å²) in [6, 6.07) is 14.1. The van der Waals surface area contributed by atoms with Gasteiger partial charge in [0.1, 0.15) is 5.82 Å². The Kier molecular flexibility index (Phi) is 4.54. The lowest BCUT2D eigenvalue weighted by atomic mass is 9.75. The van der Waals surface area contributed by atoms with E-state index in [9.17, 15) is 9.18 Å². The molecule has 1 amide bonds. The van der Waals surface area contributed by atoms with Gasteiger partial charge in [-0.2, -0.15) is 0 Å². The van der Waals surface area contributed by atoms with Crippen molar-refractivity contribution >= 4 is 28.4 Å². The molecule has 1 atom stereocenters. The van der Waals surface area contributed by atoms with E-state index in [0.717, 1.165) is 43.0 Å². The third-order valence-electron chi connectivity index (χ3n) is 6.76. The topological polar surface area (TPSA) is 42.0 Å². The smallest absolute Gasteiger partial charge is 0.251 e. The van der Waals surface area contributed by atoms with Gasteiger partial charge in [-0.3, -0.25) is 9.78 Å². The van der Waals surface area contributed by atoms with E-state index in [-0.39, 0.29) is 23.2 Å². The SMILES string of the molecule is O=C(N[C@H]1CC12CCC(c1ccnc3ccc(F)cc13)CC2)c1ccc(Cl)cc1. The second-order valence-corrected chi connectivity index (χ2v) is 8.87. The molecule has 0 radical (unpaired) electrons. The Morgan fingerprint density at radius 1 is 1.10 bits per heavy atom. The van der Waals surface area contributed by atoms with Gasteiger partial charge >= 0.3 is 0 Å². The van der Waals surface area contributed by atoms with Crippen LogP contribution in [0.4, 0.5) is 4.39 Å². The van der Waals surface area contributed by atoms with Crippen molar-refractivity contribution in [3.63, 3.8) is 0 Å². The molecule has 2 aliphatic rings. The van der Waals surface area contributed by atoms with Gasteiger partial charge in [0.2, 0.25) is 0 Å². The lowest BCUT2D eigenvalue weighted by Crippen LogP contribution is -2.31. The number of amides is 1. The van der Waals surface area contributed by atoms with Crippen LogP contribution in [0.1, 0.15) is 53.9 Å². The zero-order valence-corrected chi connectivity index (χ0v) is 16.8. The highest BCUT2D eigenvalue weighted by Crippen LogP contribution is 2.59. The molecule has 29 heavy (non-hydrogen) atoms. The minimum absolute atomic E-state index is 0.0266. The number of hydrogen-bond acceptors (Lipinski definition) is 2. The molecule has 2 saturated carbocycles. The molecule has 1 aromatic heterocycles. The molecule has 5 heteroatoms. The van der Waals surface area contributed by atoms with Crippen LogP contribution in [0.25, 0.3) is 10.9 Å². The molecule has 0 aliphatic heterocycles. The van der Waals surface area contributed by atoms with Gasteiger partial charge in [0.15, 0.2) is 0 Å². The maximum Gasteiger partial charge on any atom is 0.251 e. The van der Waals surface area contributed by atoms with E-state index in [0.29, 0.717) is 16.5 Å². The minimum atomic E-state index is -0.216. The van der Waals surface area contributed by atoms with Crippen LogP contribution in [0.2, 0.25) is 5.02 Å². The second-order valence-electron chi connectivity index (χ2n) is 8.44. The number of halogens is 2. The number of hydrogen-bond donors (Lipinski definition) is 1.